The molecule has 0 aliphatic carbocycles. The summed E-state index contributed by atoms with van der Waals surface area (Å²) in [5.41, 5.74) is 3.45. The van der Waals surface area contributed by atoms with E-state index in [0.29, 0.717) is 12.1 Å². The Kier molecular flexibility index (Phi) is 4.74. The molecule has 1 aliphatic heterocycles. The van der Waals surface area contributed by atoms with Gasteiger partial charge in [-0.2, -0.15) is 0 Å². The van der Waals surface area contributed by atoms with Crippen LogP contribution in [0.5, 0.6) is 5.75 Å². The van der Waals surface area contributed by atoms with E-state index < -0.39 is 0 Å². The van der Waals surface area contributed by atoms with Crippen LogP contribution in [0.3, 0.4) is 0 Å². The largest absolute Gasteiger partial charge is 0.482 e. The zero-order valence-electron chi connectivity index (χ0n) is 14.7. The van der Waals surface area contributed by atoms with Crippen LogP contribution in [0.2, 0.25) is 0 Å². The number of nitrogens with one attached hydrogen (secondary N) is 1. The topological polar surface area (TPSA) is 58.6 Å². The molecule has 0 aromatic heterocycles. The number of nitrogens with zero attached hydrogens (tertiary/aromatic N) is 1. The van der Waals surface area contributed by atoms with Gasteiger partial charge in [-0.1, -0.05) is 18.2 Å². The molecule has 0 unspecified atom stereocenters. The van der Waals surface area contributed by atoms with Crippen molar-refractivity contribution in [3.05, 3.63) is 59.2 Å². The maximum Gasteiger partial charge on any atom is 0.265 e. The Morgan fingerprint density at radius 2 is 1.92 bits per heavy atom. The highest BCUT2D eigenvalue weighted by Crippen LogP contribution is 2.33. The third-order valence-corrected chi connectivity index (χ3v) is 4.03. The van der Waals surface area contributed by atoms with E-state index in [1.807, 2.05) is 51.1 Å². The first-order valence-corrected chi connectivity index (χ1v) is 8.37. The molecule has 2 aromatic carbocycles. The van der Waals surface area contributed by atoms with Crippen LogP contribution in [0, 0.1) is 6.92 Å². The van der Waals surface area contributed by atoms with Crippen molar-refractivity contribution in [1.82, 2.24) is 5.32 Å². The number of carbonyl (C=O) groups excluding carboxylic acids is 2. The molecule has 3 rings (SSSR count). The SMILES string of the molecule is Cc1ccc2c(c1)OCC(=O)N2Cc1ccc(C(=O)NC(C)C)cc1. The van der Waals surface area contributed by atoms with Crippen LogP contribution in [-0.4, -0.2) is 24.5 Å². The molecule has 5 heteroatoms. The van der Waals surface area contributed by atoms with Gasteiger partial charge in [-0.25, -0.2) is 0 Å². The second-order valence-electron chi connectivity index (χ2n) is 6.56. The van der Waals surface area contributed by atoms with E-state index in [-0.39, 0.29) is 24.5 Å². The fraction of sp³-hybridized carbons (Fsp3) is 0.300. The van der Waals surface area contributed by atoms with E-state index in [2.05, 4.69) is 5.32 Å². The monoisotopic (exact) mass is 338 g/mol. The molecular formula is C20H22N2O3. The van der Waals surface area contributed by atoms with Crippen molar-refractivity contribution in [3.63, 3.8) is 0 Å². The summed E-state index contributed by atoms with van der Waals surface area (Å²) >= 11 is 0. The normalized spacial score (nSPS) is 13.4. The van der Waals surface area contributed by atoms with Crippen molar-refractivity contribution in [2.45, 2.75) is 33.4 Å². The van der Waals surface area contributed by atoms with Crippen molar-refractivity contribution >= 4 is 17.5 Å². The highest BCUT2D eigenvalue weighted by Gasteiger charge is 2.25. The maximum atomic E-state index is 12.3. The number of hydrogen-bond acceptors (Lipinski definition) is 3. The molecule has 5 nitrogen and oxygen atoms in total. The van der Waals surface area contributed by atoms with E-state index in [1.54, 1.807) is 17.0 Å². The first-order chi connectivity index (χ1) is 11.9. The molecule has 130 valence electrons. The van der Waals surface area contributed by atoms with Crippen LogP contribution in [0.25, 0.3) is 0 Å². The highest BCUT2D eigenvalue weighted by molar-refractivity contribution is 5.98. The zero-order chi connectivity index (χ0) is 18.0. The van der Waals surface area contributed by atoms with Crippen molar-refractivity contribution in [2.75, 3.05) is 11.5 Å². The molecule has 1 heterocycles. The smallest absolute Gasteiger partial charge is 0.265 e. The quantitative estimate of drug-likeness (QED) is 0.932. The molecule has 2 aromatic rings. The van der Waals surface area contributed by atoms with Gasteiger partial charge in [-0.05, 0) is 56.2 Å². The van der Waals surface area contributed by atoms with Crippen molar-refractivity contribution in [3.8, 4) is 5.75 Å². The lowest BCUT2D eigenvalue weighted by molar-refractivity contribution is -0.121. The van der Waals surface area contributed by atoms with Crippen LogP contribution >= 0.6 is 0 Å². The summed E-state index contributed by atoms with van der Waals surface area (Å²) in [4.78, 5) is 26.0. The Morgan fingerprint density at radius 1 is 1.20 bits per heavy atom. The maximum absolute atomic E-state index is 12.3. The van der Waals surface area contributed by atoms with Gasteiger partial charge in [-0.15, -0.1) is 0 Å². The highest BCUT2D eigenvalue weighted by atomic mass is 16.5. The van der Waals surface area contributed by atoms with Gasteiger partial charge in [0.25, 0.3) is 11.8 Å². The molecule has 0 saturated heterocycles. The summed E-state index contributed by atoms with van der Waals surface area (Å²) in [6.07, 6.45) is 0. The van der Waals surface area contributed by atoms with E-state index in [1.165, 1.54) is 0 Å². The number of benzene rings is 2. The van der Waals surface area contributed by atoms with E-state index in [4.69, 9.17) is 4.74 Å². The molecule has 0 fully saturated rings. The molecule has 2 amide bonds. The molecule has 0 atom stereocenters. The minimum atomic E-state index is -0.0928. The van der Waals surface area contributed by atoms with Crippen LogP contribution in [-0.2, 0) is 11.3 Å². The van der Waals surface area contributed by atoms with Crippen molar-refractivity contribution in [1.29, 1.82) is 0 Å². The van der Waals surface area contributed by atoms with Crippen LogP contribution in [0.1, 0.15) is 35.3 Å². The number of aryl methyl sites for hydroxylation is 1. The van der Waals surface area contributed by atoms with E-state index in [0.717, 1.165) is 22.6 Å². The second-order valence-corrected chi connectivity index (χ2v) is 6.56. The second kappa shape index (κ2) is 6.97. The summed E-state index contributed by atoms with van der Waals surface area (Å²) in [7, 11) is 0. The van der Waals surface area contributed by atoms with Gasteiger partial charge in [-0.3, -0.25) is 9.59 Å². The Bertz CT molecular complexity index is 797. The Hall–Kier alpha value is -2.82. The average Bonchev–Trinajstić information content (AvgIpc) is 2.57. The van der Waals surface area contributed by atoms with Gasteiger partial charge in [0.2, 0.25) is 0 Å². The molecule has 1 N–H and O–H groups in total. The van der Waals surface area contributed by atoms with Gasteiger partial charge in [0.15, 0.2) is 6.61 Å². The Morgan fingerprint density at radius 3 is 2.60 bits per heavy atom. The van der Waals surface area contributed by atoms with Gasteiger partial charge in [0, 0.05) is 11.6 Å². The number of amides is 2. The molecule has 0 saturated carbocycles. The standard InChI is InChI=1S/C20H22N2O3/c1-13(2)21-20(24)16-7-5-15(6-8-16)11-22-17-9-4-14(3)10-18(17)25-12-19(22)23/h4-10,13H,11-12H2,1-3H3,(H,21,24). The lowest BCUT2D eigenvalue weighted by atomic mass is 10.1. The van der Waals surface area contributed by atoms with Crippen LogP contribution in [0.15, 0.2) is 42.5 Å². The molecule has 0 radical (unpaired) electrons. The van der Waals surface area contributed by atoms with Crippen molar-refractivity contribution in [2.24, 2.45) is 0 Å². The fourth-order valence-electron chi connectivity index (χ4n) is 2.77. The van der Waals surface area contributed by atoms with E-state index in [9.17, 15) is 9.59 Å². The summed E-state index contributed by atoms with van der Waals surface area (Å²) in [6.45, 7) is 6.34. The number of hydrogen-bond donors (Lipinski definition) is 1. The van der Waals surface area contributed by atoms with Crippen LogP contribution < -0.4 is 15.0 Å². The number of rotatable bonds is 4. The third kappa shape index (κ3) is 3.82. The molecule has 0 bridgehead atoms. The summed E-state index contributed by atoms with van der Waals surface area (Å²) in [5.74, 6) is 0.565. The predicted molar refractivity (Wildman–Crippen MR) is 96.9 cm³/mol. The number of fused-ring (bicyclic) bond motifs is 1. The lowest BCUT2D eigenvalue weighted by Gasteiger charge is -2.29. The van der Waals surface area contributed by atoms with Gasteiger partial charge in [0.05, 0.1) is 12.2 Å². The minimum absolute atomic E-state index is 0.0470. The molecule has 0 spiro atoms. The van der Waals surface area contributed by atoms with E-state index >= 15 is 0 Å². The lowest BCUT2D eigenvalue weighted by Crippen LogP contribution is -2.38. The summed E-state index contributed by atoms with van der Waals surface area (Å²) in [5, 5.41) is 2.87. The number of anilines is 1. The Balaban J connectivity index is 1.78. The first kappa shape index (κ1) is 17.0. The van der Waals surface area contributed by atoms with Crippen molar-refractivity contribution < 1.29 is 14.3 Å². The third-order valence-electron chi connectivity index (χ3n) is 4.03. The van der Waals surface area contributed by atoms with Gasteiger partial charge in [0.1, 0.15) is 5.75 Å². The van der Waals surface area contributed by atoms with Gasteiger partial charge < -0.3 is 15.0 Å². The number of ether oxygens (including phenoxy) is 1. The fourth-order valence-corrected chi connectivity index (χ4v) is 2.77. The summed E-state index contributed by atoms with van der Waals surface area (Å²) in [6, 6.07) is 13.2. The average molecular weight is 338 g/mol. The number of carbonyl (C=O) groups is 2. The minimum Gasteiger partial charge on any atom is -0.482 e. The zero-order valence-corrected chi connectivity index (χ0v) is 14.7. The molecular weight excluding hydrogens is 316 g/mol. The summed E-state index contributed by atoms with van der Waals surface area (Å²) < 4.78 is 5.53. The first-order valence-electron chi connectivity index (χ1n) is 8.37. The molecule has 25 heavy (non-hydrogen) atoms. The predicted octanol–water partition coefficient (Wildman–Crippen LogP) is 3.06. The molecule has 1 aliphatic rings. The Labute approximate surface area is 147 Å². The van der Waals surface area contributed by atoms with Gasteiger partial charge >= 0.3 is 0 Å². The van der Waals surface area contributed by atoms with Crippen LogP contribution in [0.4, 0.5) is 5.69 Å².